The molecule has 1 aromatic heterocycles. The second kappa shape index (κ2) is 4.44. The number of hydrogen-bond acceptors (Lipinski definition) is 3. The summed E-state index contributed by atoms with van der Waals surface area (Å²) >= 11 is 5.97. The average molecular weight is 239 g/mol. The third-order valence-corrected chi connectivity index (χ3v) is 2.97. The summed E-state index contributed by atoms with van der Waals surface area (Å²) in [6, 6.07) is 6.25. The maximum Gasteiger partial charge on any atom is 0.192 e. The molecule has 4 heteroatoms. The zero-order valence-corrected chi connectivity index (χ0v) is 10.5. The first kappa shape index (κ1) is 11.4. The van der Waals surface area contributed by atoms with Gasteiger partial charge in [0.1, 0.15) is 5.52 Å². The minimum Gasteiger partial charge on any atom is -0.441 e. The van der Waals surface area contributed by atoms with Gasteiger partial charge in [-0.1, -0.05) is 6.07 Å². The quantitative estimate of drug-likeness (QED) is 0.770. The summed E-state index contributed by atoms with van der Waals surface area (Å²) < 4.78 is 5.51. The van der Waals surface area contributed by atoms with Gasteiger partial charge >= 0.3 is 0 Å². The van der Waals surface area contributed by atoms with Gasteiger partial charge in [0.25, 0.3) is 0 Å². The van der Waals surface area contributed by atoms with Crippen LogP contribution in [-0.2, 0) is 0 Å². The molecule has 3 nitrogen and oxygen atoms in total. The van der Waals surface area contributed by atoms with Gasteiger partial charge in [0.2, 0.25) is 0 Å². The highest BCUT2D eigenvalue weighted by Gasteiger charge is 2.14. The summed E-state index contributed by atoms with van der Waals surface area (Å²) in [7, 11) is 4.03. The number of halogens is 1. The molecule has 16 heavy (non-hydrogen) atoms. The number of alkyl halides is 1. The first-order valence-corrected chi connectivity index (χ1v) is 5.74. The zero-order chi connectivity index (χ0) is 11.7. The zero-order valence-electron chi connectivity index (χ0n) is 9.70. The number of aromatic nitrogens is 1. The Labute approximate surface area is 100 Å². The van der Waals surface area contributed by atoms with E-state index in [-0.39, 0.29) is 6.04 Å². The van der Waals surface area contributed by atoms with Crippen molar-refractivity contribution in [2.75, 3.05) is 20.0 Å². The molecular formula is C12H15ClN2O. The van der Waals surface area contributed by atoms with E-state index in [1.807, 2.05) is 33.2 Å². The van der Waals surface area contributed by atoms with Gasteiger partial charge < -0.3 is 9.32 Å². The molecule has 1 heterocycles. The van der Waals surface area contributed by atoms with Crippen LogP contribution in [0.2, 0.25) is 0 Å². The van der Waals surface area contributed by atoms with Crippen LogP contribution in [0.25, 0.3) is 11.1 Å². The summed E-state index contributed by atoms with van der Waals surface area (Å²) in [5, 5.41) is 0. The molecule has 2 rings (SSSR count). The van der Waals surface area contributed by atoms with Crippen LogP contribution in [0.15, 0.2) is 22.6 Å². The van der Waals surface area contributed by atoms with E-state index in [1.54, 1.807) is 0 Å². The minimum absolute atomic E-state index is 0.205. The van der Waals surface area contributed by atoms with Crippen molar-refractivity contribution < 1.29 is 4.42 Å². The van der Waals surface area contributed by atoms with Crippen molar-refractivity contribution in [3.63, 3.8) is 0 Å². The predicted octanol–water partition coefficient (Wildman–Crippen LogP) is 2.98. The van der Waals surface area contributed by atoms with Gasteiger partial charge in [-0.15, -0.1) is 11.6 Å². The Morgan fingerprint density at radius 2 is 2.19 bits per heavy atom. The number of oxazole rings is 1. The molecule has 1 aromatic carbocycles. The van der Waals surface area contributed by atoms with Crippen LogP contribution in [0.4, 0.5) is 0 Å². The summed E-state index contributed by atoms with van der Waals surface area (Å²) in [6.07, 6.45) is 0. The van der Waals surface area contributed by atoms with Crippen molar-refractivity contribution in [2.45, 2.75) is 13.0 Å². The maximum absolute atomic E-state index is 5.97. The van der Waals surface area contributed by atoms with Gasteiger partial charge in [-0.25, -0.2) is 4.98 Å². The third kappa shape index (κ3) is 2.06. The van der Waals surface area contributed by atoms with E-state index >= 15 is 0 Å². The number of hydrogen-bond donors (Lipinski definition) is 0. The van der Waals surface area contributed by atoms with Gasteiger partial charge in [-0.2, -0.15) is 0 Å². The summed E-state index contributed by atoms with van der Waals surface area (Å²) in [5.41, 5.74) is 2.88. The topological polar surface area (TPSA) is 29.3 Å². The molecule has 0 amide bonds. The summed E-state index contributed by atoms with van der Waals surface area (Å²) in [5.74, 6) is 1.26. The number of fused-ring (bicyclic) bond motifs is 1. The largest absolute Gasteiger partial charge is 0.441 e. The second-order valence-electron chi connectivity index (χ2n) is 4.09. The van der Waals surface area contributed by atoms with Gasteiger partial charge in [-0.05, 0) is 31.8 Å². The van der Waals surface area contributed by atoms with E-state index in [1.165, 1.54) is 0 Å². The molecule has 0 bridgehead atoms. The first-order chi connectivity index (χ1) is 7.61. The number of aryl methyl sites for hydroxylation is 1. The fourth-order valence-electron chi connectivity index (χ4n) is 1.79. The standard InChI is InChI=1S/C12H15ClN2O/c1-8-14-10-5-4-9(6-12(10)16-8)11(7-13)15(2)3/h4-6,11H,7H2,1-3H3. The second-order valence-corrected chi connectivity index (χ2v) is 4.40. The highest BCUT2D eigenvalue weighted by atomic mass is 35.5. The van der Waals surface area contributed by atoms with Gasteiger partial charge in [0, 0.05) is 18.8 Å². The lowest BCUT2D eigenvalue weighted by Gasteiger charge is -2.21. The van der Waals surface area contributed by atoms with Crippen LogP contribution in [-0.4, -0.2) is 29.9 Å². The van der Waals surface area contributed by atoms with Crippen molar-refractivity contribution in [3.8, 4) is 0 Å². The number of rotatable bonds is 3. The highest BCUT2D eigenvalue weighted by Crippen LogP contribution is 2.24. The van der Waals surface area contributed by atoms with Crippen LogP contribution < -0.4 is 0 Å². The van der Waals surface area contributed by atoms with Crippen molar-refractivity contribution in [2.24, 2.45) is 0 Å². The third-order valence-electron chi connectivity index (χ3n) is 2.67. The molecule has 0 aliphatic carbocycles. The lowest BCUT2D eigenvalue weighted by molar-refractivity contribution is 0.324. The Balaban J connectivity index is 2.44. The molecule has 1 unspecified atom stereocenters. The van der Waals surface area contributed by atoms with E-state index in [4.69, 9.17) is 16.0 Å². The van der Waals surface area contributed by atoms with E-state index in [9.17, 15) is 0 Å². The van der Waals surface area contributed by atoms with Crippen molar-refractivity contribution in [1.29, 1.82) is 0 Å². The fraction of sp³-hybridized carbons (Fsp3) is 0.417. The monoisotopic (exact) mass is 238 g/mol. The van der Waals surface area contributed by atoms with Crippen LogP contribution in [0.5, 0.6) is 0 Å². The van der Waals surface area contributed by atoms with Crippen LogP contribution in [0.1, 0.15) is 17.5 Å². The molecule has 0 saturated heterocycles. The molecule has 0 saturated carbocycles. The molecule has 0 aliphatic rings. The Kier molecular flexibility index (Phi) is 3.17. The molecule has 0 radical (unpaired) electrons. The van der Waals surface area contributed by atoms with Gasteiger partial charge in [-0.3, -0.25) is 0 Å². The Hall–Kier alpha value is -1.06. The minimum atomic E-state index is 0.205. The van der Waals surface area contributed by atoms with Crippen molar-refractivity contribution in [1.82, 2.24) is 9.88 Å². The lowest BCUT2D eigenvalue weighted by Crippen LogP contribution is -2.21. The van der Waals surface area contributed by atoms with Gasteiger partial charge in [0.05, 0.1) is 0 Å². The molecule has 2 aromatic rings. The highest BCUT2D eigenvalue weighted by molar-refractivity contribution is 6.18. The molecule has 0 spiro atoms. The predicted molar refractivity (Wildman–Crippen MR) is 65.9 cm³/mol. The SMILES string of the molecule is Cc1nc2ccc(C(CCl)N(C)C)cc2o1. The van der Waals surface area contributed by atoms with E-state index in [0.717, 1.165) is 16.7 Å². The Bertz CT molecular complexity index is 493. The molecule has 86 valence electrons. The van der Waals surface area contributed by atoms with E-state index < -0.39 is 0 Å². The van der Waals surface area contributed by atoms with E-state index in [2.05, 4.69) is 16.0 Å². The molecule has 0 aliphatic heterocycles. The van der Waals surface area contributed by atoms with Crippen LogP contribution in [0.3, 0.4) is 0 Å². The van der Waals surface area contributed by atoms with Gasteiger partial charge in [0.15, 0.2) is 11.5 Å². The average Bonchev–Trinajstić information content (AvgIpc) is 2.57. The number of benzene rings is 1. The fourth-order valence-corrected chi connectivity index (χ4v) is 2.24. The van der Waals surface area contributed by atoms with Crippen molar-refractivity contribution in [3.05, 3.63) is 29.7 Å². The molecule has 1 atom stereocenters. The smallest absolute Gasteiger partial charge is 0.192 e. The molecule has 0 N–H and O–H groups in total. The van der Waals surface area contributed by atoms with Crippen LogP contribution in [0, 0.1) is 6.92 Å². The summed E-state index contributed by atoms with van der Waals surface area (Å²) in [4.78, 5) is 6.37. The van der Waals surface area contributed by atoms with Crippen molar-refractivity contribution >= 4 is 22.7 Å². The Morgan fingerprint density at radius 1 is 1.44 bits per heavy atom. The summed E-state index contributed by atoms with van der Waals surface area (Å²) in [6.45, 7) is 1.85. The first-order valence-electron chi connectivity index (χ1n) is 5.21. The number of nitrogens with zero attached hydrogens (tertiary/aromatic N) is 2. The Morgan fingerprint density at radius 3 is 2.81 bits per heavy atom. The lowest BCUT2D eigenvalue weighted by atomic mass is 10.1. The maximum atomic E-state index is 5.97. The van der Waals surface area contributed by atoms with Crippen LogP contribution >= 0.6 is 11.6 Å². The normalized spacial score (nSPS) is 13.6. The molecule has 0 fully saturated rings. The molecular weight excluding hydrogens is 224 g/mol. The van der Waals surface area contributed by atoms with E-state index in [0.29, 0.717) is 11.8 Å².